The van der Waals surface area contributed by atoms with Crippen molar-refractivity contribution in [3.63, 3.8) is 0 Å². The lowest BCUT2D eigenvalue weighted by Gasteiger charge is -2.36. The number of rotatable bonds is 2. The molecule has 5 nitrogen and oxygen atoms in total. The van der Waals surface area contributed by atoms with Gasteiger partial charge in [0.05, 0.1) is 30.2 Å². The van der Waals surface area contributed by atoms with Gasteiger partial charge in [0.2, 0.25) is 0 Å². The lowest BCUT2D eigenvalue weighted by atomic mass is 10.2. The second kappa shape index (κ2) is 5.75. The molecule has 1 aliphatic rings. The van der Waals surface area contributed by atoms with Crippen LogP contribution in [0.25, 0.3) is 10.9 Å². The van der Waals surface area contributed by atoms with E-state index >= 15 is 0 Å². The van der Waals surface area contributed by atoms with Crippen molar-refractivity contribution in [3.05, 3.63) is 39.4 Å². The lowest BCUT2D eigenvalue weighted by molar-refractivity contribution is -0.0534. The summed E-state index contributed by atoms with van der Waals surface area (Å²) in [4.78, 5) is 21.8. The number of hydrogen-bond acceptors (Lipinski definition) is 4. The number of H-pyrrole nitrogens is 1. The molecule has 2 atom stereocenters. The minimum Gasteiger partial charge on any atom is -0.376 e. The molecule has 1 saturated heterocycles. The number of ether oxygens (including phenoxy) is 1. The zero-order valence-electron chi connectivity index (χ0n) is 12.1. The maximum Gasteiger partial charge on any atom is 0.258 e. The van der Waals surface area contributed by atoms with E-state index in [1.165, 1.54) is 0 Å². The Hall–Kier alpha value is -1.43. The highest BCUT2D eigenvalue weighted by molar-refractivity contribution is 6.31. The minimum atomic E-state index is -0.124. The molecule has 2 aromatic rings. The molecule has 2 heterocycles. The van der Waals surface area contributed by atoms with Gasteiger partial charge in [-0.25, -0.2) is 4.98 Å². The predicted octanol–water partition coefficient (Wildman–Crippen LogP) is 2.19. The Morgan fingerprint density at radius 1 is 1.48 bits per heavy atom. The van der Waals surface area contributed by atoms with Crippen LogP contribution in [0.2, 0.25) is 5.02 Å². The van der Waals surface area contributed by atoms with Crippen molar-refractivity contribution in [3.8, 4) is 0 Å². The van der Waals surface area contributed by atoms with E-state index in [4.69, 9.17) is 16.3 Å². The Bertz CT molecular complexity index is 716. The van der Waals surface area contributed by atoms with E-state index in [2.05, 4.69) is 28.7 Å². The van der Waals surface area contributed by atoms with E-state index in [0.29, 0.717) is 40.9 Å². The first-order chi connectivity index (χ1) is 10.0. The van der Waals surface area contributed by atoms with Crippen LogP contribution >= 0.6 is 11.6 Å². The van der Waals surface area contributed by atoms with Crippen molar-refractivity contribution >= 4 is 22.5 Å². The largest absolute Gasteiger partial charge is 0.376 e. The molecule has 3 rings (SSSR count). The van der Waals surface area contributed by atoms with Gasteiger partial charge in [-0.05, 0) is 32.0 Å². The Kier molecular flexibility index (Phi) is 3.97. The summed E-state index contributed by atoms with van der Waals surface area (Å²) in [5.41, 5.74) is 0.510. The molecule has 1 fully saturated rings. The van der Waals surface area contributed by atoms with Crippen LogP contribution in [0.1, 0.15) is 19.7 Å². The van der Waals surface area contributed by atoms with Crippen molar-refractivity contribution in [1.29, 1.82) is 0 Å². The smallest absolute Gasteiger partial charge is 0.258 e. The fourth-order valence-corrected chi connectivity index (χ4v) is 2.79. The van der Waals surface area contributed by atoms with Crippen LogP contribution in [-0.4, -0.2) is 40.2 Å². The molecule has 0 saturated carbocycles. The molecule has 1 N–H and O–H groups in total. The zero-order valence-corrected chi connectivity index (χ0v) is 12.9. The Labute approximate surface area is 127 Å². The van der Waals surface area contributed by atoms with Crippen LogP contribution in [0.3, 0.4) is 0 Å². The monoisotopic (exact) mass is 307 g/mol. The highest BCUT2D eigenvalue weighted by atomic mass is 35.5. The first-order valence-electron chi connectivity index (χ1n) is 7.07. The summed E-state index contributed by atoms with van der Waals surface area (Å²) in [6.07, 6.45) is 0.197. The number of aromatic nitrogens is 2. The summed E-state index contributed by atoms with van der Waals surface area (Å²) in [7, 11) is 0. The third-order valence-corrected chi connectivity index (χ3v) is 4.04. The first-order valence-corrected chi connectivity index (χ1v) is 7.45. The number of nitrogens with zero attached hydrogens (tertiary/aromatic N) is 2. The van der Waals surface area contributed by atoms with E-state index in [9.17, 15) is 4.79 Å². The molecule has 6 heteroatoms. The molecular weight excluding hydrogens is 290 g/mol. The summed E-state index contributed by atoms with van der Waals surface area (Å²) in [5.74, 6) is 0.663. The van der Waals surface area contributed by atoms with E-state index < -0.39 is 0 Å². The number of hydrogen-bond donors (Lipinski definition) is 1. The molecule has 112 valence electrons. The van der Waals surface area contributed by atoms with E-state index in [-0.39, 0.29) is 11.7 Å². The van der Waals surface area contributed by atoms with E-state index in [0.717, 1.165) is 6.54 Å². The van der Waals surface area contributed by atoms with Gasteiger partial charge in [-0.1, -0.05) is 11.6 Å². The molecule has 0 bridgehead atoms. The van der Waals surface area contributed by atoms with Crippen LogP contribution in [0.15, 0.2) is 23.0 Å². The molecule has 0 unspecified atom stereocenters. The van der Waals surface area contributed by atoms with Gasteiger partial charge in [0, 0.05) is 17.6 Å². The van der Waals surface area contributed by atoms with Crippen LogP contribution in [0.5, 0.6) is 0 Å². The second-order valence-corrected chi connectivity index (χ2v) is 6.03. The van der Waals surface area contributed by atoms with Crippen molar-refractivity contribution < 1.29 is 4.74 Å². The SMILES string of the molecule is C[C@H]1CN(Cc2nc3cc(Cl)ccc3c(=O)[nH]2)[C@@H](C)CO1. The minimum absolute atomic E-state index is 0.124. The average Bonchev–Trinajstić information content (AvgIpc) is 2.42. The first kappa shape index (κ1) is 14.5. The molecule has 1 aromatic carbocycles. The molecule has 1 aromatic heterocycles. The van der Waals surface area contributed by atoms with E-state index in [1.807, 2.05) is 0 Å². The normalized spacial score (nSPS) is 23.6. The standard InChI is InChI=1S/C15H18ClN3O2/c1-9-8-21-10(2)6-19(9)7-14-17-13-5-11(16)3-4-12(13)15(20)18-14/h3-5,9-10H,6-8H2,1-2H3,(H,17,18,20)/t9-,10-/m0/s1. The fourth-order valence-electron chi connectivity index (χ4n) is 2.62. The zero-order chi connectivity index (χ0) is 15.0. The topological polar surface area (TPSA) is 58.2 Å². The van der Waals surface area contributed by atoms with Gasteiger partial charge in [0.15, 0.2) is 0 Å². The summed E-state index contributed by atoms with van der Waals surface area (Å²) in [5, 5.41) is 1.14. The van der Waals surface area contributed by atoms with Crippen molar-refractivity contribution in [1.82, 2.24) is 14.9 Å². The van der Waals surface area contributed by atoms with Gasteiger partial charge < -0.3 is 9.72 Å². The molecular formula is C15H18ClN3O2. The number of aromatic amines is 1. The maximum absolute atomic E-state index is 12.1. The highest BCUT2D eigenvalue weighted by Gasteiger charge is 2.24. The number of benzene rings is 1. The summed E-state index contributed by atoms with van der Waals surface area (Å²) in [6.45, 7) is 6.30. The number of nitrogens with one attached hydrogen (secondary N) is 1. The third-order valence-electron chi connectivity index (χ3n) is 3.81. The molecule has 0 spiro atoms. The average molecular weight is 308 g/mol. The summed E-state index contributed by atoms with van der Waals surface area (Å²) >= 11 is 5.98. The van der Waals surface area contributed by atoms with Crippen molar-refractivity contribution in [2.45, 2.75) is 32.5 Å². The maximum atomic E-state index is 12.1. The Morgan fingerprint density at radius 3 is 3.10 bits per heavy atom. The third kappa shape index (κ3) is 3.10. The van der Waals surface area contributed by atoms with Gasteiger partial charge in [-0.2, -0.15) is 0 Å². The van der Waals surface area contributed by atoms with Crippen LogP contribution < -0.4 is 5.56 Å². The molecule has 0 aliphatic carbocycles. The molecule has 0 radical (unpaired) electrons. The van der Waals surface area contributed by atoms with Gasteiger partial charge in [0.1, 0.15) is 5.82 Å². The molecule has 0 amide bonds. The van der Waals surface area contributed by atoms with Crippen LogP contribution in [0.4, 0.5) is 0 Å². The van der Waals surface area contributed by atoms with Gasteiger partial charge >= 0.3 is 0 Å². The van der Waals surface area contributed by atoms with E-state index in [1.54, 1.807) is 18.2 Å². The van der Waals surface area contributed by atoms with Crippen molar-refractivity contribution in [2.75, 3.05) is 13.2 Å². The lowest BCUT2D eigenvalue weighted by Crippen LogP contribution is -2.47. The van der Waals surface area contributed by atoms with Crippen molar-refractivity contribution in [2.24, 2.45) is 0 Å². The quantitative estimate of drug-likeness (QED) is 0.924. The number of halogens is 1. The van der Waals surface area contributed by atoms with Crippen LogP contribution in [0, 0.1) is 0 Å². The van der Waals surface area contributed by atoms with Gasteiger partial charge in [-0.15, -0.1) is 0 Å². The highest BCUT2D eigenvalue weighted by Crippen LogP contribution is 2.17. The second-order valence-electron chi connectivity index (χ2n) is 5.60. The summed E-state index contributed by atoms with van der Waals surface area (Å²) < 4.78 is 5.62. The Morgan fingerprint density at radius 2 is 2.29 bits per heavy atom. The molecule has 1 aliphatic heterocycles. The van der Waals surface area contributed by atoms with Gasteiger partial charge in [0.25, 0.3) is 5.56 Å². The van der Waals surface area contributed by atoms with Gasteiger partial charge in [-0.3, -0.25) is 9.69 Å². The Balaban J connectivity index is 1.92. The summed E-state index contributed by atoms with van der Waals surface area (Å²) in [6, 6.07) is 5.43. The number of fused-ring (bicyclic) bond motifs is 1. The number of morpholine rings is 1. The molecule has 21 heavy (non-hydrogen) atoms. The fraction of sp³-hybridized carbons (Fsp3) is 0.467. The van der Waals surface area contributed by atoms with Crippen LogP contribution in [-0.2, 0) is 11.3 Å². The predicted molar refractivity (Wildman–Crippen MR) is 82.7 cm³/mol.